The molecule has 7 aliphatic rings. The number of anilines is 4. The predicted molar refractivity (Wildman–Crippen MR) is 528 cm³/mol. The van der Waals surface area contributed by atoms with E-state index in [1.165, 1.54) is 73.5 Å². The van der Waals surface area contributed by atoms with Crippen molar-refractivity contribution in [3.63, 3.8) is 0 Å². The van der Waals surface area contributed by atoms with Gasteiger partial charge in [0, 0.05) is 111 Å². The summed E-state index contributed by atoms with van der Waals surface area (Å²) < 4.78 is 136. The Balaban J connectivity index is 0.614. The van der Waals surface area contributed by atoms with Gasteiger partial charge in [-0.15, -0.1) is 0 Å². The van der Waals surface area contributed by atoms with Crippen LogP contribution in [0.5, 0.6) is 0 Å². The molecule has 794 valence electrons. The van der Waals surface area contributed by atoms with E-state index in [2.05, 4.69) is 54.8 Å². The summed E-state index contributed by atoms with van der Waals surface area (Å²) in [5, 5.41) is 0. The van der Waals surface area contributed by atoms with Crippen LogP contribution in [-0.2, 0) is 179 Å². The maximum atomic E-state index is 13.6. The second-order valence-corrected chi connectivity index (χ2v) is 53.6. The van der Waals surface area contributed by atoms with E-state index in [1.54, 1.807) is 20.8 Å². The van der Waals surface area contributed by atoms with Crippen LogP contribution in [0.25, 0.3) is 22.3 Å². The lowest BCUT2D eigenvalue weighted by molar-refractivity contribution is -0.0572. The van der Waals surface area contributed by atoms with Gasteiger partial charge in [-0.25, -0.2) is 43.9 Å². The largest absolute Gasteiger partial charge is 0.383 e. The fourth-order valence-corrected chi connectivity index (χ4v) is 26.6. The Morgan fingerprint density at radius 2 is 0.607 bits per heavy atom. The van der Waals surface area contributed by atoms with Crippen LogP contribution in [0, 0.1) is 34.6 Å². The summed E-state index contributed by atoms with van der Waals surface area (Å²) >= 11 is 38.9. The highest BCUT2D eigenvalue weighted by atomic mass is 32.5. The van der Waals surface area contributed by atoms with E-state index in [0.717, 1.165) is 36.3 Å². The average molecular weight is 2300 g/mol. The molecule has 16 heterocycles. The summed E-state index contributed by atoms with van der Waals surface area (Å²) in [6.07, 6.45) is -18.6. The van der Waals surface area contributed by atoms with Crippen LogP contribution >= 0.6 is 47.0 Å². The van der Waals surface area contributed by atoms with E-state index < -0.39 is 273 Å². The molecule has 7 saturated heterocycles. The van der Waals surface area contributed by atoms with Gasteiger partial charge in [0.25, 0.3) is 22.2 Å². The molecule has 16 rings (SSSR count). The van der Waals surface area contributed by atoms with Gasteiger partial charge >= 0.3 is 75.5 Å². The summed E-state index contributed by atoms with van der Waals surface area (Å²) in [5.41, 5.74) is 18.0. The summed E-state index contributed by atoms with van der Waals surface area (Å²) in [7, 11) is 1.11. The molecule has 0 aliphatic carbocycles. The van der Waals surface area contributed by atoms with Gasteiger partial charge < -0.3 is 154 Å². The lowest BCUT2D eigenvalue weighted by Gasteiger charge is -2.29. The topological polar surface area (TPSA) is 781 Å². The van der Waals surface area contributed by atoms with Crippen molar-refractivity contribution in [3.05, 3.63) is 172 Å². The van der Waals surface area contributed by atoms with Crippen LogP contribution in [0.4, 0.5) is 23.4 Å². The number of hydrogen-bond acceptors (Lipinski definition) is 48. The van der Waals surface area contributed by atoms with Gasteiger partial charge in [-0.1, -0.05) is 6.92 Å². The number of nitrogens with two attached hydrogens (primary N) is 4. The van der Waals surface area contributed by atoms with Crippen molar-refractivity contribution in [2.75, 3.05) is 69.7 Å². The third kappa shape index (κ3) is 26.3. The van der Waals surface area contributed by atoms with Crippen LogP contribution in [0.3, 0.4) is 0 Å². The minimum atomic E-state index is -4.77. The number of fused-ring (bicyclic) bond motifs is 2. The van der Waals surface area contributed by atoms with E-state index in [-0.39, 0.29) is 101 Å². The van der Waals surface area contributed by atoms with Gasteiger partial charge in [0.2, 0.25) is 5.95 Å². The van der Waals surface area contributed by atoms with Crippen molar-refractivity contribution in [3.8, 4) is 0 Å². The number of aromatic nitrogens is 18. The Hall–Kier alpha value is -6.67. The number of rotatable bonds is 41. The monoisotopic (exact) mass is 2300 g/mol. The molecule has 73 heteroatoms. The molecule has 0 amide bonds. The number of aromatic amines is 4. The van der Waals surface area contributed by atoms with Crippen LogP contribution in [-0.4, -0.2) is 253 Å². The molecule has 0 saturated carbocycles. The van der Waals surface area contributed by atoms with Gasteiger partial charge in [0.15, 0.2) is 22.6 Å². The normalized spacial score (nSPS) is 29.5. The Kier molecular flexibility index (Phi) is 34.1. The van der Waals surface area contributed by atoms with Gasteiger partial charge in [-0.2, -0.15) is 15.0 Å². The number of nitrogens with zero attached hydrogens (tertiary/aromatic N) is 14. The minimum Gasteiger partial charge on any atom is -0.383 e. The lowest BCUT2D eigenvalue weighted by atomic mass is 10.1. The lowest BCUT2D eigenvalue weighted by Crippen LogP contribution is -2.33. The zero-order valence-corrected chi connectivity index (χ0v) is 88.6. The molecule has 19 N–H and O–H groups in total. The Labute approximate surface area is 850 Å². The maximum absolute atomic E-state index is 13.6. The maximum Gasteiger partial charge on any atom is 0.351 e. The molecule has 0 spiro atoms. The number of imidazole rings is 2. The third-order valence-corrected chi connectivity index (χ3v) is 35.2. The zero-order chi connectivity index (χ0) is 105. The first-order valence-electron chi connectivity index (χ1n) is 43.6. The SMILES string of the molecule is CC[C@H]1O[C@@H](n2cc(C)c(=O)[nH]c2=O)CC1OP(O)(=S)OC[C@H]1O[C@@H](n2cc(C)c(=O)[nH]c2=O)CC1OP(O)(=S)OC[C@H]1O[C@@H](n2cc(C)c(=O)[nH]c2=O)CC1OP(O)(=S)OC[C@H]1O[C@@H](n2cnc3c(=O)[nH]c(N)nc32)CC1OP(O)(=S)OC[C@H]1O[C@@H](n2cnc3c(N)ncnc32)CC1OP(O)(=S)OC[C@H]1O[C@@H](n2cc(C)c(N)nc2=O)CC1OP(O)(=S)OC[C@H]1O[C@@H](n2cc(C)c(N)nc2=O)CC1OP(O)(=S)OC. The fraction of sp³-hybridized carbons (Fsp3) is 0.583. The van der Waals surface area contributed by atoms with Gasteiger partial charge in [-0.3, -0.25) is 71.1 Å². The molecule has 59 nitrogen and oxygen atoms in total. The molecule has 28 atom stereocenters. The van der Waals surface area contributed by atoms with E-state index in [9.17, 15) is 77.4 Å². The smallest absolute Gasteiger partial charge is 0.351 e. The Morgan fingerprint density at radius 1 is 0.338 bits per heavy atom. The average Bonchev–Trinajstić information content (AvgIpc) is 1.60. The van der Waals surface area contributed by atoms with Crippen molar-refractivity contribution < 1.29 is 131 Å². The van der Waals surface area contributed by atoms with Crippen molar-refractivity contribution >= 4 is 175 Å². The molecule has 7 fully saturated rings. The minimum absolute atomic E-state index is 0.0188. The number of aryl methyl sites for hydroxylation is 5. The summed E-state index contributed by atoms with van der Waals surface area (Å²) in [6.45, 7) is -27.0. The van der Waals surface area contributed by atoms with E-state index in [4.69, 9.17) is 202 Å². The van der Waals surface area contributed by atoms with E-state index in [1.807, 2.05) is 0 Å². The van der Waals surface area contributed by atoms with Gasteiger partial charge in [0.1, 0.15) is 104 Å². The molecule has 0 aromatic carbocycles. The number of nitrogens with one attached hydrogen (secondary N) is 4. The number of hydrogen-bond donors (Lipinski definition) is 15. The van der Waals surface area contributed by atoms with Crippen LogP contribution in [0.1, 0.15) is 130 Å². The first kappa shape index (κ1) is 111. The molecule has 0 radical (unpaired) electrons. The molecule has 9 aromatic heterocycles. The third-order valence-electron chi connectivity index (χ3n) is 24.0. The fourth-order valence-electron chi connectivity index (χ4n) is 16.8. The highest BCUT2D eigenvalue weighted by Gasteiger charge is 2.52. The number of H-pyrrole nitrogens is 4. The van der Waals surface area contributed by atoms with Crippen molar-refractivity contribution in [2.45, 2.75) is 222 Å². The Morgan fingerprint density at radius 3 is 0.917 bits per heavy atom. The van der Waals surface area contributed by atoms with E-state index in [0.29, 0.717) is 17.5 Å². The second-order valence-electron chi connectivity index (χ2n) is 34.0. The van der Waals surface area contributed by atoms with Crippen molar-refractivity contribution in [1.29, 1.82) is 0 Å². The molecule has 0 bridgehead atoms. The first-order chi connectivity index (χ1) is 68.2. The molecular weight excluding hydrogens is 2210 g/mol. The van der Waals surface area contributed by atoms with Gasteiger partial charge in [-0.05, 0) is 124 Å². The van der Waals surface area contributed by atoms with Crippen LogP contribution < -0.4 is 73.6 Å². The molecule has 9 aromatic rings. The first-order valence-corrected chi connectivity index (χ1v) is 61.7. The standard InChI is InChI=1S/C72H97N22O37P7S7/c1-8-35-36(9-49(118-35)90-18-32(4)63(95)85-70(90)101)126-133(105,140)112-22-45-39(12-52(121-45)91-19-33(5)64(96)86-71(91)102)128-135(107,142)114-24-46-40(13-53(122-46)92-20-34(6)65(97)87-72(92)103)129-136(108,143)117-26-48-42(15-55(124-48)94-29-80-57-62(94)83-67(76)84-66(57)98)131-138(110,145)116-25-47-41(14-54(123-47)93-28-79-56-60(75)77-27-78-61(56)93)130-137(109,144)115-23-44-38(11-51(120-44)89-17-31(3)59(74)82-69(89)100)127-134(106,141)113-21-43-37(125-132(104,139)111-7)10-50(119-43)88-16-30(2)58(73)81-68(88)99/h16-20,27-29,35-55H,8-15,21-26H2,1-7H3,(H,104,139)(H,105,140)(H,106,141)(H,107,142)(H,108,143)(H,109,144)(H,110,145)(H2,73,81,99)(H2,74,82,100)(H2,75,77,78)(H,85,95,101)(H,86,96,102)(H,87,97,103)(H3,76,83,84,98)/t35-,36?,37?,38?,39?,40?,41?,42?,43-,44-,45-,46-,47-,48-,49-,50-,51-,52-,53-,54-,55-,132?,133?,134?,135?,136?,137?,138?/m1/s1. The summed E-state index contributed by atoms with van der Waals surface area (Å²) in [6, 6.07) is 0. The molecular formula is C72H97N22O37P7S7. The number of nitrogen functional groups attached to an aromatic ring is 4. The van der Waals surface area contributed by atoms with Crippen LogP contribution in [0.15, 0.2) is 93.1 Å². The van der Waals surface area contributed by atoms with Crippen molar-refractivity contribution in [2.24, 2.45) is 0 Å². The summed E-state index contributed by atoms with van der Waals surface area (Å²) in [4.78, 5) is 238. The predicted octanol–water partition coefficient (Wildman–Crippen LogP) is 0.377. The molecule has 7 aliphatic heterocycles. The van der Waals surface area contributed by atoms with Crippen LogP contribution in [0.2, 0.25) is 0 Å². The molecule has 14 unspecified atom stereocenters. The van der Waals surface area contributed by atoms with Crippen molar-refractivity contribution in [1.82, 2.24) is 86.8 Å². The second kappa shape index (κ2) is 44.6. The Bertz CT molecular complexity index is 7390. The number of ether oxygens (including phenoxy) is 7. The highest BCUT2D eigenvalue weighted by Crippen LogP contribution is 2.59. The zero-order valence-electron chi connectivity index (χ0n) is 76.6. The van der Waals surface area contributed by atoms with E-state index >= 15 is 0 Å². The quantitative estimate of drug-likeness (QED) is 0.0230. The summed E-state index contributed by atoms with van der Waals surface area (Å²) in [5.74, 6) is -0.492. The molecule has 145 heavy (non-hydrogen) atoms. The highest BCUT2D eigenvalue weighted by molar-refractivity contribution is 8.09. The van der Waals surface area contributed by atoms with Gasteiger partial charge in [0.05, 0.1) is 101 Å².